The van der Waals surface area contributed by atoms with Gasteiger partial charge in [0.15, 0.2) is 0 Å². The number of carbonyl (C=O) groups is 1. The number of aromatic nitrogens is 2. The lowest BCUT2D eigenvalue weighted by atomic mass is 10.1. The molecule has 0 fully saturated rings. The molecule has 0 aliphatic rings. The van der Waals surface area contributed by atoms with Gasteiger partial charge in [0, 0.05) is 6.54 Å². The van der Waals surface area contributed by atoms with Crippen molar-refractivity contribution in [3.05, 3.63) is 82.7 Å². The third-order valence-electron chi connectivity index (χ3n) is 4.65. The Kier molecular flexibility index (Phi) is 6.26. The van der Waals surface area contributed by atoms with Crippen molar-refractivity contribution < 1.29 is 9.53 Å². The largest absolute Gasteiger partial charge is 0.374 e. The summed E-state index contributed by atoms with van der Waals surface area (Å²) >= 11 is 0. The molecular formula is C23H27N3O2. The zero-order valence-electron chi connectivity index (χ0n) is 16.9. The van der Waals surface area contributed by atoms with Crippen molar-refractivity contribution in [2.24, 2.45) is 0 Å². The van der Waals surface area contributed by atoms with Gasteiger partial charge < -0.3 is 10.1 Å². The van der Waals surface area contributed by atoms with Crippen molar-refractivity contribution in [1.82, 2.24) is 15.1 Å². The summed E-state index contributed by atoms with van der Waals surface area (Å²) in [5.74, 6) is -0.114. The minimum absolute atomic E-state index is 0.114. The maximum Gasteiger partial charge on any atom is 0.255 e. The zero-order valence-corrected chi connectivity index (χ0v) is 16.9. The van der Waals surface area contributed by atoms with Crippen molar-refractivity contribution in [3.63, 3.8) is 0 Å². The van der Waals surface area contributed by atoms with Gasteiger partial charge in [0.25, 0.3) is 5.91 Å². The van der Waals surface area contributed by atoms with E-state index in [2.05, 4.69) is 10.4 Å². The number of ether oxygens (including phenoxy) is 1. The fraction of sp³-hybridized carbons (Fsp3) is 0.304. The van der Waals surface area contributed by atoms with Crippen LogP contribution in [0.3, 0.4) is 0 Å². The molecular weight excluding hydrogens is 350 g/mol. The second-order valence-electron chi connectivity index (χ2n) is 7.10. The van der Waals surface area contributed by atoms with E-state index in [1.807, 2.05) is 87.0 Å². The maximum atomic E-state index is 12.9. The molecule has 3 rings (SSSR count). The lowest BCUT2D eigenvalue weighted by Crippen LogP contribution is -2.24. The van der Waals surface area contributed by atoms with Gasteiger partial charge in [-0.3, -0.25) is 4.79 Å². The van der Waals surface area contributed by atoms with Gasteiger partial charge >= 0.3 is 0 Å². The Bertz CT molecular complexity index is 946. The first-order valence-corrected chi connectivity index (χ1v) is 9.55. The molecule has 1 heterocycles. The molecule has 0 bridgehead atoms. The summed E-state index contributed by atoms with van der Waals surface area (Å²) in [6.45, 7) is 8.80. The number of para-hydroxylation sites is 1. The lowest BCUT2D eigenvalue weighted by molar-refractivity contribution is 0.0651. The molecule has 1 aromatic heterocycles. The Hall–Kier alpha value is -2.92. The highest BCUT2D eigenvalue weighted by Gasteiger charge is 2.19. The molecule has 0 spiro atoms. The van der Waals surface area contributed by atoms with Crippen LogP contribution in [0.2, 0.25) is 0 Å². The average molecular weight is 377 g/mol. The minimum Gasteiger partial charge on any atom is -0.374 e. The predicted octanol–water partition coefficient (Wildman–Crippen LogP) is 4.34. The number of aryl methyl sites for hydroxylation is 1. The summed E-state index contributed by atoms with van der Waals surface area (Å²) in [5, 5.41) is 7.60. The first kappa shape index (κ1) is 19.8. The van der Waals surface area contributed by atoms with Crippen LogP contribution in [0, 0.1) is 13.8 Å². The van der Waals surface area contributed by atoms with E-state index in [0.29, 0.717) is 18.7 Å². The number of benzene rings is 2. The van der Waals surface area contributed by atoms with Gasteiger partial charge in [0.2, 0.25) is 0 Å². The molecule has 5 heteroatoms. The van der Waals surface area contributed by atoms with Crippen molar-refractivity contribution in [1.29, 1.82) is 0 Å². The van der Waals surface area contributed by atoms with Crippen LogP contribution in [0.15, 0.2) is 54.6 Å². The van der Waals surface area contributed by atoms with Crippen molar-refractivity contribution >= 4 is 5.91 Å². The van der Waals surface area contributed by atoms with Crippen LogP contribution in [-0.2, 0) is 17.9 Å². The summed E-state index contributed by atoms with van der Waals surface area (Å²) in [4.78, 5) is 12.9. The fourth-order valence-electron chi connectivity index (χ4n) is 3.18. The highest BCUT2D eigenvalue weighted by molar-refractivity contribution is 5.96. The molecule has 3 aromatic rings. The standard InChI is InChI=1S/C23H27N3O2/c1-16(2)28-15-20-11-9-8-10-19(20)14-24-23(27)22-17(3)25-26(18(22)4)21-12-6-5-7-13-21/h5-13,16H,14-15H2,1-4H3,(H,24,27). The smallest absolute Gasteiger partial charge is 0.255 e. The molecule has 0 radical (unpaired) electrons. The lowest BCUT2D eigenvalue weighted by Gasteiger charge is -2.13. The van der Waals surface area contributed by atoms with Gasteiger partial charge in [0.05, 0.1) is 35.3 Å². The van der Waals surface area contributed by atoms with Crippen LogP contribution in [0.25, 0.3) is 5.69 Å². The molecule has 0 saturated carbocycles. The number of nitrogens with zero attached hydrogens (tertiary/aromatic N) is 2. The molecule has 0 aliphatic heterocycles. The van der Waals surface area contributed by atoms with E-state index in [9.17, 15) is 4.79 Å². The van der Waals surface area contributed by atoms with E-state index >= 15 is 0 Å². The predicted molar refractivity (Wildman–Crippen MR) is 111 cm³/mol. The molecule has 28 heavy (non-hydrogen) atoms. The molecule has 2 aromatic carbocycles. The van der Waals surface area contributed by atoms with Crippen LogP contribution in [0.1, 0.15) is 46.7 Å². The van der Waals surface area contributed by atoms with Crippen molar-refractivity contribution in [2.75, 3.05) is 0 Å². The fourth-order valence-corrected chi connectivity index (χ4v) is 3.18. The van der Waals surface area contributed by atoms with E-state index < -0.39 is 0 Å². The van der Waals surface area contributed by atoms with E-state index in [-0.39, 0.29) is 12.0 Å². The number of carbonyl (C=O) groups excluding carboxylic acids is 1. The van der Waals surface area contributed by atoms with E-state index in [4.69, 9.17) is 4.74 Å². The second-order valence-corrected chi connectivity index (χ2v) is 7.10. The summed E-state index contributed by atoms with van der Waals surface area (Å²) in [7, 11) is 0. The van der Waals surface area contributed by atoms with Gasteiger partial charge in [-0.2, -0.15) is 5.10 Å². The van der Waals surface area contributed by atoms with E-state index in [1.165, 1.54) is 0 Å². The Labute approximate surface area is 166 Å². The topological polar surface area (TPSA) is 56.2 Å². The molecule has 5 nitrogen and oxygen atoms in total. The Morgan fingerprint density at radius 1 is 1.04 bits per heavy atom. The van der Waals surface area contributed by atoms with Crippen LogP contribution < -0.4 is 5.32 Å². The number of hydrogen-bond donors (Lipinski definition) is 1. The first-order chi connectivity index (χ1) is 13.5. The molecule has 0 aliphatic carbocycles. The maximum absolute atomic E-state index is 12.9. The number of rotatable bonds is 7. The third-order valence-corrected chi connectivity index (χ3v) is 4.65. The summed E-state index contributed by atoms with van der Waals surface area (Å²) in [6, 6.07) is 17.9. The van der Waals surface area contributed by atoms with Crippen LogP contribution in [-0.4, -0.2) is 21.8 Å². The van der Waals surface area contributed by atoms with Crippen molar-refractivity contribution in [2.45, 2.75) is 47.0 Å². The normalized spacial score (nSPS) is 11.0. The number of hydrogen-bond acceptors (Lipinski definition) is 3. The van der Waals surface area contributed by atoms with Crippen LogP contribution >= 0.6 is 0 Å². The molecule has 0 unspecified atom stereocenters. The van der Waals surface area contributed by atoms with E-state index in [1.54, 1.807) is 0 Å². The highest BCUT2D eigenvalue weighted by Crippen LogP contribution is 2.18. The molecule has 0 atom stereocenters. The second kappa shape index (κ2) is 8.85. The van der Waals surface area contributed by atoms with Gasteiger partial charge in [-0.05, 0) is 51.0 Å². The molecule has 0 saturated heterocycles. The SMILES string of the molecule is Cc1nn(-c2ccccc2)c(C)c1C(=O)NCc1ccccc1COC(C)C. The van der Waals surface area contributed by atoms with E-state index in [0.717, 1.165) is 28.2 Å². The van der Waals surface area contributed by atoms with Gasteiger partial charge in [-0.25, -0.2) is 4.68 Å². The number of nitrogens with one attached hydrogen (secondary N) is 1. The zero-order chi connectivity index (χ0) is 20.1. The van der Waals surface area contributed by atoms with Gasteiger partial charge in [-0.15, -0.1) is 0 Å². The summed E-state index contributed by atoms with van der Waals surface area (Å²) in [5.41, 5.74) is 5.26. The van der Waals surface area contributed by atoms with Crippen LogP contribution in [0.5, 0.6) is 0 Å². The minimum atomic E-state index is -0.114. The molecule has 1 amide bonds. The van der Waals surface area contributed by atoms with Gasteiger partial charge in [-0.1, -0.05) is 42.5 Å². The highest BCUT2D eigenvalue weighted by atomic mass is 16.5. The first-order valence-electron chi connectivity index (χ1n) is 9.55. The average Bonchev–Trinajstić information content (AvgIpc) is 3.00. The molecule has 146 valence electrons. The van der Waals surface area contributed by atoms with Crippen molar-refractivity contribution in [3.8, 4) is 5.69 Å². The number of amides is 1. The van der Waals surface area contributed by atoms with Crippen LogP contribution in [0.4, 0.5) is 0 Å². The Balaban J connectivity index is 1.76. The molecule has 1 N–H and O–H groups in total. The Morgan fingerprint density at radius 2 is 1.68 bits per heavy atom. The third kappa shape index (κ3) is 4.49. The summed E-state index contributed by atoms with van der Waals surface area (Å²) < 4.78 is 7.54. The summed E-state index contributed by atoms with van der Waals surface area (Å²) in [6.07, 6.45) is 0.164. The Morgan fingerprint density at radius 3 is 2.36 bits per heavy atom. The quantitative estimate of drug-likeness (QED) is 0.666. The van der Waals surface area contributed by atoms with Gasteiger partial charge in [0.1, 0.15) is 0 Å². The monoisotopic (exact) mass is 377 g/mol.